The molecule has 0 atom stereocenters. The standard InChI is InChI=1S/C24H22ClN3O3S/c1-5-31-24(30)20-18(17-7-6-13(2)10-14(17)3)12-32-23(20)27-22(29)21-15(4)26-19-11-16(25)8-9-28(19)21/h6-12H,5H2,1-4H3,(H,27,29). The number of carbonyl (C=O) groups is 2. The number of carbonyl (C=O) groups excluding carboxylic acids is 2. The number of anilines is 1. The molecule has 1 amide bonds. The summed E-state index contributed by atoms with van der Waals surface area (Å²) in [6, 6.07) is 9.44. The van der Waals surface area contributed by atoms with Crippen LogP contribution in [0.4, 0.5) is 5.00 Å². The van der Waals surface area contributed by atoms with E-state index >= 15 is 0 Å². The third kappa shape index (κ3) is 4.01. The molecule has 0 aliphatic rings. The molecular weight excluding hydrogens is 446 g/mol. The zero-order chi connectivity index (χ0) is 23.0. The number of hydrogen-bond acceptors (Lipinski definition) is 5. The molecule has 0 aliphatic carbocycles. The number of halogens is 1. The lowest BCUT2D eigenvalue weighted by atomic mass is 9.97. The number of rotatable bonds is 5. The average Bonchev–Trinajstić information content (AvgIpc) is 3.27. The predicted molar refractivity (Wildman–Crippen MR) is 128 cm³/mol. The van der Waals surface area contributed by atoms with Gasteiger partial charge < -0.3 is 10.1 Å². The largest absolute Gasteiger partial charge is 0.462 e. The van der Waals surface area contributed by atoms with Crippen LogP contribution in [0.3, 0.4) is 0 Å². The lowest BCUT2D eigenvalue weighted by molar-refractivity contribution is 0.0529. The number of esters is 1. The number of imidazole rings is 1. The maximum atomic E-state index is 13.2. The van der Waals surface area contributed by atoms with Crippen molar-refractivity contribution in [2.45, 2.75) is 27.7 Å². The highest BCUT2D eigenvalue weighted by Crippen LogP contribution is 2.38. The van der Waals surface area contributed by atoms with Gasteiger partial charge in [0, 0.05) is 28.2 Å². The number of pyridine rings is 1. The Morgan fingerprint density at radius 1 is 1.16 bits per heavy atom. The second kappa shape index (κ2) is 8.76. The van der Waals surface area contributed by atoms with Gasteiger partial charge in [0.1, 0.15) is 21.9 Å². The first kappa shape index (κ1) is 22.0. The van der Waals surface area contributed by atoms with Gasteiger partial charge in [0.2, 0.25) is 0 Å². The maximum absolute atomic E-state index is 13.2. The van der Waals surface area contributed by atoms with Crippen molar-refractivity contribution >= 4 is 45.5 Å². The van der Waals surface area contributed by atoms with Gasteiger partial charge in [0.25, 0.3) is 5.91 Å². The van der Waals surface area contributed by atoms with Gasteiger partial charge in [-0.3, -0.25) is 9.20 Å². The Bertz CT molecular complexity index is 1360. The van der Waals surface area contributed by atoms with Gasteiger partial charge in [-0.05, 0) is 44.9 Å². The van der Waals surface area contributed by atoms with Crippen LogP contribution in [0.5, 0.6) is 0 Å². The quantitative estimate of drug-likeness (QED) is 0.361. The molecule has 0 fully saturated rings. The van der Waals surface area contributed by atoms with E-state index in [2.05, 4.69) is 16.4 Å². The molecule has 1 aromatic carbocycles. The van der Waals surface area contributed by atoms with Gasteiger partial charge >= 0.3 is 5.97 Å². The summed E-state index contributed by atoms with van der Waals surface area (Å²) < 4.78 is 7.00. The minimum atomic E-state index is -0.472. The van der Waals surface area contributed by atoms with Gasteiger partial charge in [-0.1, -0.05) is 35.4 Å². The van der Waals surface area contributed by atoms with Crippen LogP contribution in [0, 0.1) is 20.8 Å². The number of nitrogens with zero attached hydrogens (tertiary/aromatic N) is 2. The molecule has 3 heterocycles. The molecule has 4 rings (SSSR count). The number of ether oxygens (including phenoxy) is 1. The number of benzene rings is 1. The van der Waals surface area contributed by atoms with Crippen molar-refractivity contribution in [3.8, 4) is 11.1 Å². The SMILES string of the molecule is CCOC(=O)c1c(-c2ccc(C)cc2C)csc1NC(=O)c1c(C)nc2cc(Cl)ccn12. The van der Waals surface area contributed by atoms with Crippen molar-refractivity contribution in [1.29, 1.82) is 0 Å². The topological polar surface area (TPSA) is 72.7 Å². The van der Waals surface area contributed by atoms with Crippen molar-refractivity contribution in [3.63, 3.8) is 0 Å². The zero-order valence-electron chi connectivity index (χ0n) is 18.2. The molecular formula is C24H22ClN3O3S. The van der Waals surface area contributed by atoms with Crippen LogP contribution in [0.2, 0.25) is 5.02 Å². The van der Waals surface area contributed by atoms with Crippen molar-refractivity contribution in [2.75, 3.05) is 11.9 Å². The van der Waals surface area contributed by atoms with Crippen LogP contribution in [0.1, 0.15) is 44.6 Å². The number of fused-ring (bicyclic) bond motifs is 1. The van der Waals surface area contributed by atoms with E-state index in [-0.39, 0.29) is 12.5 Å². The Labute approximate surface area is 194 Å². The first-order valence-electron chi connectivity index (χ1n) is 10.1. The lowest BCUT2D eigenvalue weighted by Gasteiger charge is -2.11. The van der Waals surface area contributed by atoms with E-state index in [1.165, 1.54) is 11.3 Å². The summed E-state index contributed by atoms with van der Waals surface area (Å²) in [7, 11) is 0. The first-order chi connectivity index (χ1) is 15.3. The Hall–Kier alpha value is -3.16. The summed E-state index contributed by atoms with van der Waals surface area (Å²) >= 11 is 7.35. The molecule has 6 nitrogen and oxygen atoms in total. The van der Waals surface area contributed by atoms with E-state index in [0.717, 1.165) is 22.3 Å². The third-order valence-electron chi connectivity index (χ3n) is 5.15. The normalized spacial score (nSPS) is 11.0. The van der Waals surface area contributed by atoms with Crippen LogP contribution in [-0.2, 0) is 4.74 Å². The maximum Gasteiger partial charge on any atom is 0.341 e. The van der Waals surface area contributed by atoms with E-state index in [0.29, 0.717) is 32.6 Å². The summed E-state index contributed by atoms with van der Waals surface area (Å²) in [4.78, 5) is 30.5. The number of aryl methyl sites for hydroxylation is 3. The van der Waals surface area contributed by atoms with E-state index < -0.39 is 5.97 Å². The number of thiophene rings is 1. The highest BCUT2D eigenvalue weighted by atomic mass is 35.5. The fraction of sp³-hybridized carbons (Fsp3) is 0.208. The Morgan fingerprint density at radius 2 is 1.94 bits per heavy atom. The third-order valence-corrected chi connectivity index (χ3v) is 6.28. The first-order valence-corrected chi connectivity index (χ1v) is 11.4. The molecule has 0 saturated carbocycles. The Balaban J connectivity index is 1.77. The van der Waals surface area contributed by atoms with E-state index in [1.807, 2.05) is 31.4 Å². The lowest BCUT2D eigenvalue weighted by Crippen LogP contribution is -2.17. The van der Waals surface area contributed by atoms with E-state index in [4.69, 9.17) is 16.3 Å². The van der Waals surface area contributed by atoms with Gasteiger partial charge in [0.05, 0.1) is 12.3 Å². The molecule has 0 saturated heterocycles. The predicted octanol–water partition coefficient (Wildman–Crippen LogP) is 6.07. The number of aromatic nitrogens is 2. The molecule has 0 aliphatic heterocycles. The Morgan fingerprint density at radius 3 is 2.66 bits per heavy atom. The van der Waals surface area contributed by atoms with Crippen molar-refractivity contribution < 1.29 is 14.3 Å². The molecule has 0 radical (unpaired) electrons. The minimum Gasteiger partial charge on any atom is -0.462 e. The number of amides is 1. The molecule has 164 valence electrons. The molecule has 1 N–H and O–H groups in total. The highest BCUT2D eigenvalue weighted by Gasteiger charge is 2.25. The van der Waals surface area contributed by atoms with Gasteiger partial charge in [0.15, 0.2) is 0 Å². The fourth-order valence-corrected chi connectivity index (χ4v) is 4.84. The van der Waals surface area contributed by atoms with Crippen molar-refractivity contribution in [3.05, 3.63) is 75.0 Å². The van der Waals surface area contributed by atoms with Gasteiger partial charge in [-0.25, -0.2) is 9.78 Å². The molecule has 4 aromatic rings. The van der Waals surface area contributed by atoms with E-state index in [9.17, 15) is 9.59 Å². The highest BCUT2D eigenvalue weighted by molar-refractivity contribution is 7.15. The zero-order valence-corrected chi connectivity index (χ0v) is 19.7. The fourth-order valence-electron chi connectivity index (χ4n) is 3.74. The summed E-state index contributed by atoms with van der Waals surface area (Å²) in [6.07, 6.45) is 1.70. The summed E-state index contributed by atoms with van der Waals surface area (Å²) in [5.74, 6) is -0.836. The smallest absolute Gasteiger partial charge is 0.341 e. The summed E-state index contributed by atoms with van der Waals surface area (Å²) in [6.45, 7) is 7.78. The van der Waals surface area contributed by atoms with Gasteiger partial charge in [-0.15, -0.1) is 11.3 Å². The van der Waals surface area contributed by atoms with Crippen molar-refractivity contribution in [2.24, 2.45) is 0 Å². The minimum absolute atomic E-state index is 0.238. The van der Waals surface area contributed by atoms with Crippen molar-refractivity contribution in [1.82, 2.24) is 9.38 Å². The summed E-state index contributed by atoms with van der Waals surface area (Å²) in [5.41, 5.74) is 5.72. The molecule has 0 bridgehead atoms. The average molecular weight is 468 g/mol. The number of nitrogens with one attached hydrogen (secondary N) is 1. The molecule has 0 spiro atoms. The molecule has 8 heteroatoms. The van der Waals surface area contributed by atoms with E-state index in [1.54, 1.807) is 36.6 Å². The van der Waals surface area contributed by atoms with Crippen LogP contribution in [0.25, 0.3) is 16.8 Å². The molecule has 32 heavy (non-hydrogen) atoms. The summed E-state index contributed by atoms with van der Waals surface area (Å²) in [5, 5.41) is 5.76. The van der Waals surface area contributed by atoms with Gasteiger partial charge in [-0.2, -0.15) is 0 Å². The second-order valence-corrected chi connectivity index (χ2v) is 8.78. The number of hydrogen-bond donors (Lipinski definition) is 1. The van der Waals surface area contributed by atoms with Crippen LogP contribution in [0.15, 0.2) is 41.9 Å². The van der Waals surface area contributed by atoms with Crippen LogP contribution in [-0.4, -0.2) is 27.9 Å². The monoisotopic (exact) mass is 467 g/mol. The van der Waals surface area contributed by atoms with Crippen LogP contribution < -0.4 is 5.32 Å². The molecule has 0 unspecified atom stereocenters. The molecule has 3 aromatic heterocycles. The second-order valence-electron chi connectivity index (χ2n) is 7.47. The van der Waals surface area contributed by atoms with Crippen LogP contribution >= 0.6 is 22.9 Å². The Kier molecular flexibility index (Phi) is 6.04.